The third-order valence-electron chi connectivity index (χ3n) is 5.73. The predicted molar refractivity (Wildman–Crippen MR) is 101 cm³/mol. The third-order valence-corrected chi connectivity index (χ3v) is 5.73. The van der Waals surface area contributed by atoms with Crippen LogP contribution in [-0.4, -0.2) is 81.0 Å². The van der Waals surface area contributed by atoms with Crippen LogP contribution in [0.25, 0.3) is 0 Å². The number of aryl methyl sites for hydroxylation is 1. The summed E-state index contributed by atoms with van der Waals surface area (Å²) < 4.78 is 6.58. The lowest BCUT2D eigenvalue weighted by atomic mass is 9.79. The summed E-state index contributed by atoms with van der Waals surface area (Å²) in [7, 11) is 1.50. The summed E-state index contributed by atoms with van der Waals surface area (Å²) in [6.07, 6.45) is 0.405. The van der Waals surface area contributed by atoms with Gasteiger partial charge in [-0.05, 0) is 12.0 Å². The second-order valence-electron chi connectivity index (χ2n) is 7.36. The highest BCUT2D eigenvalue weighted by molar-refractivity contribution is 5.90. The SMILES string of the molecule is Cn1nc(C(=O)N2CC[C@](O)(c3ccccc3)[C@H](N3CCOCC3)C2)[nH]c1=O. The highest BCUT2D eigenvalue weighted by Gasteiger charge is 2.47. The molecule has 28 heavy (non-hydrogen) atoms. The van der Waals surface area contributed by atoms with Crippen LogP contribution in [0.5, 0.6) is 0 Å². The maximum absolute atomic E-state index is 12.9. The lowest BCUT2D eigenvalue weighted by molar-refractivity contribution is -0.112. The van der Waals surface area contributed by atoms with Crippen LogP contribution in [0.2, 0.25) is 0 Å². The van der Waals surface area contributed by atoms with E-state index in [1.807, 2.05) is 30.3 Å². The van der Waals surface area contributed by atoms with Crippen molar-refractivity contribution in [3.8, 4) is 0 Å². The molecule has 0 aliphatic carbocycles. The summed E-state index contributed by atoms with van der Waals surface area (Å²) in [5, 5.41) is 15.7. The average Bonchev–Trinajstić information content (AvgIpc) is 3.07. The van der Waals surface area contributed by atoms with E-state index in [1.54, 1.807) is 4.90 Å². The Morgan fingerprint density at radius 1 is 1.25 bits per heavy atom. The van der Waals surface area contributed by atoms with Gasteiger partial charge in [0, 0.05) is 33.2 Å². The smallest absolute Gasteiger partial charge is 0.343 e. The molecule has 9 heteroatoms. The number of hydrogen-bond donors (Lipinski definition) is 2. The van der Waals surface area contributed by atoms with Crippen LogP contribution in [0.1, 0.15) is 22.6 Å². The van der Waals surface area contributed by atoms with Gasteiger partial charge in [0.15, 0.2) is 0 Å². The van der Waals surface area contributed by atoms with Crippen LogP contribution in [0.15, 0.2) is 35.1 Å². The largest absolute Gasteiger partial charge is 0.383 e. The Morgan fingerprint density at radius 3 is 2.61 bits per heavy atom. The van der Waals surface area contributed by atoms with E-state index >= 15 is 0 Å². The van der Waals surface area contributed by atoms with Gasteiger partial charge in [0.2, 0.25) is 5.82 Å². The Morgan fingerprint density at radius 2 is 1.96 bits per heavy atom. The molecule has 2 fully saturated rings. The first-order chi connectivity index (χ1) is 13.5. The number of aliphatic hydroxyl groups is 1. The zero-order valence-electron chi connectivity index (χ0n) is 15.9. The second kappa shape index (κ2) is 7.50. The molecule has 0 bridgehead atoms. The molecule has 3 heterocycles. The quantitative estimate of drug-likeness (QED) is 0.739. The molecule has 1 aromatic heterocycles. The predicted octanol–water partition coefficient (Wildman–Crippen LogP) is -0.457. The van der Waals surface area contributed by atoms with Crippen LogP contribution in [0, 0.1) is 0 Å². The Kier molecular flexibility index (Phi) is 5.05. The zero-order valence-corrected chi connectivity index (χ0v) is 15.9. The fourth-order valence-electron chi connectivity index (χ4n) is 4.13. The maximum Gasteiger partial charge on any atom is 0.343 e. The molecule has 1 amide bonds. The van der Waals surface area contributed by atoms with Gasteiger partial charge >= 0.3 is 5.69 Å². The second-order valence-corrected chi connectivity index (χ2v) is 7.36. The standard InChI is InChI=1S/C19H25N5O4/c1-22-18(26)20-16(21-22)17(25)24-8-7-19(27,14-5-3-2-4-6-14)15(13-24)23-9-11-28-12-10-23/h2-6,15,27H,7-13H2,1H3,(H,20,21,26)/t15-,19+/m1/s1. The molecule has 2 N–H and O–H groups in total. The van der Waals surface area contributed by atoms with Crippen LogP contribution >= 0.6 is 0 Å². The normalized spacial score (nSPS) is 26.4. The molecule has 4 rings (SSSR count). The number of carbonyl (C=O) groups excluding carboxylic acids is 1. The summed E-state index contributed by atoms with van der Waals surface area (Å²) in [6, 6.07) is 9.35. The average molecular weight is 387 g/mol. The number of benzene rings is 1. The first-order valence-corrected chi connectivity index (χ1v) is 9.51. The van der Waals surface area contributed by atoms with Crippen LogP contribution in [0.4, 0.5) is 0 Å². The van der Waals surface area contributed by atoms with Crippen LogP contribution in [0.3, 0.4) is 0 Å². The molecule has 2 saturated heterocycles. The van der Waals surface area contributed by atoms with Gasteiger partial charge in [-0.25, -0.2) is 9.48 Å². The van der Waals surface area contributed by atoms with Crippen molar-refractivity contribution in [1.82, 2.24) is 24.6 Å². The molecular formula is C19H25N5O4. The number of amides is 1. The lowest BCUT2D eigenvalue weighted by Crippen LogP contribution is -2.63. The van der Waals surface area contributed by atoms with Gasteiger partial charge in [0.05, 0.1) is 19.3 Å². The van der Waals surface area contributed by atoms with E-state index in [1.165, 1.54) is 7.05 Å². The van der Waals surface area contributed by atoms with Crippen molar-refractivity contribution in [3.05, 3.63) is 52.2 Å². The number of H-pyrrole nitrogens is 1. The van der Waals surface area contributed by atoms with Crippen molar-refractivity contribution in [2.45, 2.75) is 18.1 Å². The number of aromatic nitrogens is 3. The Labute approximate surface area is 162 Å². The number of morpholine rings is 1. The Balaban J connectivity index is 1.63. The highest BCUT2D eigenvalue weighted by Crippen LogP contribution is 2.36. The van der Waals surface area contributed by atoms with Crippen molar-refractivity contribution >= 4 is 5.91 Å². The number of nitrogens with zero attached hydrogens (tertiary/aromatic N) is 4. The number of nitrogens with one attached hydrogen (secondary N) is 1. The summed E-state index contributed by atoms with van der Waals surface area (Å²) in [5.41, 5.74) is -0.636. The van der Waals surface area contributed by atoms with Gasteiger partial charge in [-0.3, -0.25) is 14.7 Å². The number of carbonyl (C=O) groups is 1. The van der Waals surface area contributed by atoms with Gasteiger partial charge in [-0.1, -0.05) is 30.3 Å². The Bertz CT molecular complexity index is 889. The monoisotopic (exact) mass is 387 g/mol. The van der Waals surface area contributed by atoms with Gasteiger partial charge in [-0.2, -0.15) is 0 Å². The summed E-state index contributed by atoms with van der Waals surface area (Å²) in [5.74, 6) is -0.301. The molecule has 0 saturated carbocycles. The van der Waals surface area contributed by atoms with Crippen molar-refractivity contribution in [3.63, 3.8) is 0 Å². The van der Waals surface area contributed by atoms with Crippen molar-refractivity contribution < 1.29 is 14.6 Å². The molecule has 150 valence electrons. The zero-order chi connectivity index (χ0) is 19.7. The summed E-state index contributed by atoms with van der Waals surface area (Å²) in [6.45, 7) is 3.32. The number of ether oxygens (including phenoxy) is 1. The molecule has 0 spiro atoms. The topological polar surface area (TPSA) is 104 Å². The first kappa shape index (κ1) is 18.9. The van der Waals surface area contributed by atoms with E-state index < -0.39 is 11.3 Å². The molecular weight excluding hydrogens is 362 g/mol. The van der Waals surface area contributed by atoms with Gasteiger partial charge in [0.1, 0.15) is 5.60 Å². The molecule has 0 radical (unpaired) electrons. The minimum absolute atomic E-state index is 0.0263. The number of likely N-dealkylation sites (tertiary alicyclic amines) is 1. The van der Waals surface area contributed by atoms with Crippen molar-refractivity contribution in [2.75, 3.05) is 39.4 Å². The van der Waals surface area contributed by atoms with E-state index in [2.05, 4.69) is 15.0 Å². The minimum atomic E-state index is -1.06. The summed E-state index contributed by atoms with van der Waals surface area (Å²) >= 11 is 0. The molecule has 2 aliphatic rings. The van der Waals surface area contributed by atoms with Crippen molar-refractivity contribution in [2.24, 2.45) is 7.05 Å². The number of piperidine rings is 1. The van der Waals surface area contributed by atoms with Gasteiger partial charge < -0.3 is 14.7 Å². The fourth-order valence-corrected chi connectivity index (χ4v) is 4.13. The minimum Gasteiger partial charge on any atom is -0.383 e. The van der Waals surface area contributed by atoms with Gasteiger partial charge in [-0.15, -0.1) is 5.10 Å². The van der Waals surface area contributed by atoms with E-state index in [-0.39, 0.29) is 17.8 Å². The van der Waals surface area contributed by atoms with Crippen LogP contribution in [-0.2, 0) is 17.4 Å². The van der Waals surface area contributed by atoms with E-state index in [4.69, 9.17) is 4.74 Å². The maximum atomic E-state index is 12.9. The molecule has 2 aromatic rings. The van der Waals surface area contributed by atoms with E-state index in [0.29, 0.717) is 45.8 Å². The molecule has 0 unspecified atom stereocenters. The molecule has 2 atom stereocenters. The van der Waals surface area contributed by atoms with Crippen molar-refractivity contribution in [1.29, 1.82) is 0 Å². The summed E-state index contributed by atoms with van der Waals surface area (Å²) in [4.78, 5) is 30.9. The molecule has 9 nitrogen and oxygen atoms in total. The number of rotatable bonds is 3. The molecule has 1 aromatic carbocycles. The first-order valence-electron chi connectivity index (χ1n) is 9.51. The number of hydrogen-bond acceptors (Lipinski definition) is 6. The van der Waals surface area contributed by atoms with E-state index in [9.17, 15) is 14.7 Å². The van der Waals surface area contributed by atoms with E-state index in [0.717, 1.165) is 10.2 Å². The Hall–Kier alpha value is -2.49. The van der Waals surface area contributed by atoms with Gasteiger partial charge in [0.25, 0.3) is 5.91 Å². The third kappa shape index (κ3) is 3.36. The molecule has 2 aliphatic heterocycles. The number of aromatic amines is 1. The fraction of sp³-hybridized carbons (Fsp3) is 0.526. The lowest BCUT2D eigenvalue weighted by Gasteiger charge is -2.50. The van der Waals surface area contributed by atoms with Crippen LogP contribution < -0.4 is 5.69 Å². The highest BCUT2D eigenvalue weighted by atomic mass is 16.5.